The molecule has 0 saturated heterocycles. The molecule has 7 nitrogen and oxygen atoms in total. The molecule has 1 unspecified atom stereocenters. The zero-order valence-corrected chi connectivity index (χ0v) is 14.2. The summed E-state index contributed by atoms with van der Waals surface area (Å²) in [6.07, 6.45) is 4.05. The molecule has 25 heavy (non-hydrogen) atoms. The molecule has 0 bridgehead atoms. The van der Waals surface area contributed by atoms with Gasteiger partial charge in [0.15, 0.2) is 5.82 Å². The van der Waals surface area contributed by atoms with Gasteiger partial charge in [0.1, 0.15) is 17.7 Å². The van der Waals surface area contributed by atoms with Gasteiger partial charge in [0.25, 0.3) is 0 Å². The van der Waals surface area contributed by atoms with Gasteiger partial charge in [0.05, 0.1) is 12.2 Å². The number of carbonyl (C=O) groups excluding carboxylic acids is 1. The van der Waals surface area contributed by atoms with Gasteiger partial charge in [-0.15, -0.1) is 10.2 Å². The third kappa shape index (κ3) is 3.85. The molecule has 1 aliphatic rings. The lowest BCUT2D eigenvalue weighted by Crippen LogP contribution is -2.39. The number of nitrogens with one attached hydrogen (secondary N) is 1. The number of aryl methyl sites for hydroxylation is 1. The molecule has 0 spiro atoms. The predicted molar refractivity (Wildman–Crippen MR) is 91.5 cm³/mol. The maximum absolute atomic E-state index is 14.4. The van der Waals surface area contributed by atoms with Crippen molar-refractivity contribution >= 4 is 11.6 Å². The van der Waals surface area contributed by atoms with Gasteiger partial charge in [-0.1, -0.05) is 6.42 Å². The van der Waals surface area contributed by atoms with E-state index in [0.717, 1.165) is 38.1 Å². The molecule has 0 fully saturated rings. The lowest BCUT2D eigenvalue weighted by molar-refractivity contribution is -0.118. The van der Waals surface area contributed by atoms with E-state index in [1.54, 1.807) is 6.07 Å². The van der Waals surface area contributed by atoms with E-state index in [-0.39, 0.29) is 12.5 Å². The first-order valence-electron chi connectivity index (χ1n) is 8.37. The number of halogens is 1. The lowest BCUT2D eigenvalue weighted by atomic mass is 10.1. The number of aromatic nitrogens is 3. The van der Waals surface area contributed by atoms with Crippen molar-refractivity contribution in [3.05, 3.63) is 29.8 Å². The molecule has 1 aromatic heterocycles. The molecule has 2 heterocycles. The Morgan fingerprint density at radius 1 is 1.40 bits per heavy atom. The Hall–Kier alpha value is -2.32. The van der Waals surface area contributed by atoms with E-state index in [4.69, 9.17) is 10.5 Å². The Morgan fingerprint density at radius 2 is 2.24 bits per heavy atom. The Morgan fingerprint density at radius 3 is 3.04 bits per heavy atom. The molecule has 3 rings (SSSR count). The van der Waals surface area contributed by atoms with Gasteiger partial charge in [-0.25, -0.2) is 4.39 Å². The molecule has 0 radical (unpaired) electrons. The van der Waals surface area contributed by atoms with Crippen LogP contribution in [0.25, 0.3) is 11.4 Å². The van der Waals surface area contributed by atoms with Crippen molar-refractivity contribution in [3.8, 4) is 11.4 Å². The van der Waals surface area contributed by atoms with Crippen LogP contribution in [0.3, 0.4) is 0 Å². The molecule has 1 aliphatic heterocycles. The number of amides is 1. The van der Waals surface area contributed by atoms with E-state index in [1.807, 2.05) is 4.57 Å². The van der Waals surface area contributed by atoms with Gasteiger partial charge < -0.3 is 20.4 Å². The minimum Gasteiger partial charge on any atom is -0.383 e. The molecule has 0 saturated carbocycles. The first-order chi connectivity index (χ1) is 12.1. The predicted octanol–water partition coefficient (Wildman–Crippen LogP) is 1.72. The number of anilines is 1. The maximum Gasteiger partial charge on any atom is 0.243 e. The third-order valence-corrected chi connectivity index (χ3v) is 4.27. The van der Waals surface area contributed by atoms with Crippen molar-refractivity contribution in [2.75, 3.05) is 19.0 Å². The van der Waals surface area contributed by atoms with E-state index in [9.17, 15) is 9.18 Å². The zero-order chi connectivity index (χ0) is 17.8. The van der Waals surface area contributed by atoms with Crippen LogP contribution in [0, 0.1) is 5.82 Å². The number of carbonyl (C=O) groups is 1. The fraction of sp³-hybridized carbons (Fsp3) is 0.471. The van der Waals surface area contributed by atoms with Crippen molar-refractivity contribution < 1.29 is 13.9 Å². The Labute approximate surface area is 145 Å². The number of hydrogen-bond donors (Lipinski definition) is 2. The highest BCUT2D eigenvalue weighted by Gasteiger charge is 2.20. The van der Waals surface area contributed by atoms with Crippen LogP contribution in [0.1, 0.15) is 25.1 Å². The molecule has 0 aliphatic carbocycles. The normalized spacial score (nSPS) is 15.3. The largest absolute Gasteiger partial charge is 0.383 e. The summed E-state index contributed by atoms with van der Waals surface area (Å²) in [4.78, 5) is 12.0. The third-order valence-electron chi connectivity index (χ3n) is 4.27. The quantitative estimate of drug-likeness (QED) is 0.859. The number of hydrogen-bond acceptors (Lipinski definition) is 5. The van der Waals surface area contributed by atoms with E-state index >= 15 is 0 Å². The monoisotopic (exact) mass is 347 g/mol. The number of methoxy groups -OCH3 is 1. The maximum atomic E-state index is 14.4. The molecular weight excluding hydrogens is 325 g/mol. The highest BCUT2D eigenvalue weighted by molar-refractivity contribution is 5.95. The van der Waals surface area contributed by atoms with Crippen molar-refractivity contribution in [1.29, 1.82) is 0 Å². The number of ether oxygens (including phenoxy) is 1. The summed E-state index contributed by atoms with van der Waals surface area (Å²) in [5.41, 5.74) is 6.48. The van der Waals surface area contributed by atoms with Crippen LogP contribution in [-0.2, 0) is 22.5 Å². The van der Waals surface area contributed by atoms with Crippen LogP contribution >= 0.6 is 0 Å². The number of nitrogens with zero attached hydrogens (tertiary/aromatic N) is 3. The Bertz CT molecular complexity index is 761. The van der Waals surface area contributed by atoms with Crippen LogP contribution in [0.15, 0.2) is 18.2 Å². The van der Waals surface area contributed by atoms with Crippen LogP contribution in [-0.4, -0.2) is 40.4 Å². The van der Waals surface area contributed by atoms with Crippen LogP contribution < -0.4 is 11.1 Å². The van der Waals surface area contributed by atoms with Gasteiger partial charge in [-0.3, -0.25) is 4.79 Å². The molecule has 1 aromatic carbocycles. The van der Waals surface area contributed by atoms with Crippen molar-refractivity contribution in [2.45, 2.75) is 38.3 Å². The van der Waals surface area contributed by atoms with E-state index in [0.29, 0.717) is 17.1 Å². The van der Waals surface area contributed by atoms with Gasteiger partial charge in [-0.2, -0.15) is 0 Å². The molecule has 2 aromatic rings. The minimum absolute atomic E-state index is 0.109. The first kappa shape index (κ1) is 17.5. The smallest absolute Gasteiger partial charge is 0.243 e. The molecular formula is C17H22FN5O2. The molecule has 3 N–H and O–H groups in total. The summed E-state index contributed by atoms with van der Waals surface area (Å²) >= 11 is 0. The number of fused-ring (bicyclic) bond motifs is 1. The van der Waals surface area contributed by atoms with E-state index in [1.165, 1.54) is 19.2 Å². The SMILES string of the molecule is COCC(N)C(=O)Nc1ccc(F)c(-c2nnc3n2CCCCC3)c1. The summed E-state index contributed by atoms with van der Waals surface area (Å²) in [5.74, 6) is 0.577. The summed E-state index contributed by atoms with van der Waals surface area (Å²) in [6.45, 7) is 0.879. The average molecular weight is 347 g/mol. The minimum atomic E-state index is -0.789. The fourth-order valence-corrected chi connectivity index (χ4v) is 2.95. The lowest BCUT2D eigenvalue weighted by Gasteiger charge is -2.13. The Kier molecular flexibility index (Phi) is 5.40. The Balaban J connectivity index is 1.88. The van der Waals surface area contributed by atoms with Gasteiger partial charge in [0.2, 0.25) is 5.91 Å². The second-order valence-electron chi connectivity index (χ2n) is 6.15. The van der Waals surface area contributed by atoms with Crippen LogP contribution in [0.5, 0.6) is 0 Å². The summed E-state index contributed by atoms with van der Waals surface area (Å²) in [6, 6.07) is 3.58. The molecule has 1 atom stereocenters. The number of rotatable bonds is 5. The van der Waals surface area contributed by atoms with E-state index in [2.05, 4.69) is 15.5 Å². The van der Waals surface area contributed by atoms with Crippen molar-refractivity contribution in [3.63, 3.8) is 0 Å². The second kappa shape index (κ2) is 7.71. The van der Waals surface area contributed by atoms with Crippen molar-refractivity contribution in [2.24, 2.45) is 5.73 Å². The van der Waals surface area contributed by atoms with Gasteiger partial charge in [0, 0.05) is 25.8 Å². The highest BCUT2D eigenvalue weighted by atomic mass is 19.1. The molecule has 1 amide bonds. The molecule has 8 heteroatoms. The van der Waals surface area contributed by atoms with Crippen molar-refractivity contribution in [1.82, 2.24) is 14.8 Å². The summed E-state index contributed by atoms with van der Waals surface area (Å²) in [7, 11) is 1.47. The number of nitrogens with two attached hydrogens (primary N) is 1. The summed E-state index contributed by atoms with van der Waals surface area (Å²) in [5, 5.41) is 11.1. The van der Waals surface area contributed by atoms with Crippen LogP contribution in [0.2, 0.25) is 0 Å². The summed E-state index contributed by atoms with van der Waals surface area (Å²) < 4.78 is 21.2. The zero-order valence-electron chi connectivity index (χ0n) is 14.2. The average Bonchev–Trinajstić information content (AvgIpc) is 2.84. The molecule has 134 valence electrons. The van der Waals surface area contributed by atoms with E-state index < -0.39 is 11.9 Å². The number of benzene rings is 1. The highest BCUT2D eigenvalue weighted by Crippen LogP contribution is 2.27. The standard InChI is InChI=1S/C17H22FN5O2/c1-25-10-14(19)17(24)20-11-6-7-13(18)12(9-11)16-22-21-15-5-3-2-4-8-23(15)16/h6-7,9,14H,2-5,8,10,19H2,1H3,(H,20,24). The van der Waals surface area contributed by atoms with Crippen LogP contribution in [0.4, 0.5) is 10.1 Å². The van der Waals surface area contributed by atoms with Gasteiger partial charge >= 0.3 is 0 Å². The fourth-order valence-electron chi connectivity index (χ4n) is 2.95. The second-order valence-corrected chi connectivity index (χ2v) is 6.15. The first-order valence-corrected chi connectivity index (χ1v) is 8.37. The topological polar surface area (TPSA) is 95.1 Å². The van der Waals surface area contributed by atoms with Gasteiger partial charge in [-0.05, 0) is 31.0 Å².